The smallest absolute Gasteiger partial charge is 0.234 e. The van der Waals surface area contributed by atoms with Crippen molar-refractivity contribution in [2.75, 3.05) is 27.3 Å². The Balaban J connectivity index is 2.46. The lowest BCUT2D eigenvalue weighted by atomic mass is 10.2. The van der Waals surface area contributed by atoms with Gasteiger partial charge < -0.3 is 10.1 Å². The molecule has 0 saturated heterocycles. The summed E-state index contributed by atoms with van der Waals surface area (Å²) in [5, 5.41) is 2.76. The lowest BCUT2D eigenvalue weighted by Gasteiger charge is -2.19. The minimum Gasteiger partial charge on any atom is -0.383 e. The van der Waals surface area contributed by atoms with Gasteiger partial charge in [0.25, 0.3) is 0 Å². The molecule has 20 heavy (non-hydrogen) atoms. The van der Waals surface area contributed by atoms with E-state index >= 15 is 0 Å². The first-order valence-corrected chi connectivity index (χ1v) is 6.33. The number of carbonyl (C=O) groups is 1. The molecule has 4 nitrogen and oxygen atoms in total. The zero-order valence-corrected chi connectivity index (χ0v) is 12.0. The van der Waals surface area contributed by atoms with Gasteiger partial charge >= 0.3 is 0 Å². The average molecular weight is 286 g/mol. The van der Waals surface area contributed by atoms with Crippen molar-refractivity contribution < 1.29 is 18.3 Å². The maximum Gasteiger partial charge on any atom is 0.234 e. The van der Waals surface area contributed by atoms with E-state index in [0.717, 1.165) is 6.07 Å². The summed E-state index contributed by atoms with van der Waals surface area (Å²) in [5.41, 5.74) is 0.353. The number of hydrogen-bond acceptors (Lipinski definition) is 3. The fraction of sp³-hybridized carbons (Fsp3) is 0.500. The van der Waals surface area contributed by atoms with Crippen molar-refractivity contribution in [3.63, 3.8) is 0 Å². The second-order valence-electron chi connectivity index (χ2n) is 4.83. The number of nitrogens with zero attached hydrogens (tertiary/aromatic N) is 1. The van der Waals surface area contributed by atoms with Crippen LogP contribution in [0.3, 0.4) is 0 Å². The van der Waals surface area contributed by atoms with Crippen molar-refractivity contribution in [2.24, 2.45) is 0 Å². The van der Waals surface area contributed by atoms with Crippen molar-refractivity contribution in [2.45, 2.75) is 19.5 Å². The molecule has 1 atom stereocenters. The number of ether oxygens (including phenoxy) is 1. The van der Waals surface area contributed by atoms with Crippen LogP contribution in [0.1, 0.15) is 12.5 Å². The number of hydrogen-bond donors (Lipinski definition) is 1. The van der Waals surface area contributed by atoms with E-state index in [2.05, 4.69) is 5.32 Å². The number of likely N-dealkylation sites (N-methyl/N-ethyl adjacent to an activating group) is 1. The Morgan fingerprint density at radius 1 is 1.45 bits per heavy atom. The quantitative estimate of drug-likeness (QED) is 0.827. The van der Waals surface area contributed by atoms with Crippen molar-refractivity contribution >= 4 is 5.91 Å². The Hall–Kier alpha value is -1.53. The number of rotatable bonds is 7. The molecule has 1 aromatic rings. The maximum absolute atomic E-state index is 13.5. The third kappa shape index (κ3) is 5.63. The largest absolute Gasteiger partial charge is 0.383 e. The first kappa shape index (κ1) is 16.5. The summed E-state index contributed by atoms with van der Waals surface area (Å²) in [6.07, 6.45) is 0. The average Bonchev–Trinajstić information content (AvgIpc) is 2.32. The Morgan fingerprint density at radius 2 is 2.15 bits per heavy atom. The normalized spacial score (nSPS) is 12.5. The molecule has 0 heterocycles. The van der Waals surface area contributed by atoms with Gasteiger partial charge in [-0.05, 0) is 20.0 Å². The number of benzene rings is 1. The Kier molecular flexibility index (Phi) is 6.54. The molecule has 0 unspecified atom stereocenters. The van der Waals surface area contributed by atoms with Crippen LogP contribution in [0.15, 0.2) is 18.2 Å². The first-order valence-electron chi connectivity index (χ1n) is 6.33. The third-order valence-electron chi connectivity index (χ3n) is 2.69. The Morgan fingerprint density at radius 3 is 2.75 bits per heavy atom. The van der Waals surface area contributed by atoms with Gasteiger partial charge in [0.05, 0.1) is 13.2 Å². The van der Waals surface area contributed by atoms with Gasteiger partial charge in [-0.15, -0.1) is 0 Å². The molecule has 1 aromatic carbocycles. The predicted octanol–water partition coefficient (Wildman–Crippen LogP) is 1.55. The van der Waals surface area contributed by atoms with E-state index in [1.54, 1.807) is 19.1 Å². The summed E-state index contributed by atoms with van der Waals surface area (Å²) < 4.78 is 31.2. The summed E-state index contributed by atoms with van der Waals surface area (Å²) in [6.45, 7) is 2.63. The van der Waals surface area contributed by atoms with Gasteiger partial charge in [0.15, 0.2) is 0 Å². The molecule has 0 bridgehead atoms. The minimum absolute atomic E-state index is 0.0801. The highest BCUT2D eigenvalue weighted by atomic mass is 19.1. The van der Waals surface area contributed by atoms with E-state index in [1.807, 2.05) is 6.92 Å². The second-order valence-corrected chi connectivity index (χ2v) is 4.83. The van der Waals surface area contributed by atoms with Crippen LogP contribution in [0.25, 0.3) is 0 Å². The molecule has 112 valence electrons. The highest BCUT2D eigenvalue weighted by molar-refractivity contribution is 5.78. The number of nitrogens with one attached hydrogen (secondary N) is 1. The summed E-state index contributed by atoms with van der Waals surface area (Å²) >= 11 is 0. The van der Waals surface area contributed by atoms with Crippen LogP contribution in [0.5, 0.6) is 0 Å². The van der Waals surface area contributed by atoms with Crippen LogP contribution in [0, 0.1) is 11.6 Å². The first-order chi connectivity index (χ1) is 9.42. The lowest BCUT2D eigenvalue weighted by Crippen LogP contribution is -2.41. The van der Waals surface area contributed by atoms with Crippen molar-refractivity contribution in [3.05, 3.63) is 35.4 Å². The molecule has 0 aliphatic carbocycles. The molecular weight excluding hydrogens is 266 g/mol. The molecule has 0 fully saturated rings. The van der Waals surface area contributed by atoms with Gasteiger partial charge in [-0.25, -0.2) is 8.78 Å². The van der Waals surface area contributed by atoms with Gasteiger partial charge in [0, 0.05) is 31.3 Å². The fourth-order valence-electron chi connectivity index (χ4n) is 1.85. The van der Waals surface area contributed by atoms with Gasteiger partial charge in [0.1, 0.15) is 11.6 Å². The van der Waals surface area contributed by atoms with Crippen LogP contribution in [-0.2, 0) is 16.1 Å². The molecule has 1 amide bonds. The van der Waals surface area contributed by atoms with Crippen LogP contribution >= 0.6 is 0 Å². The molecule has 0 spiro atoms. The van der Waals surface area contributed by atoms with E-state index in [4.69, 9.17) is 4.74 Å². The monoisotopic (exact) mass is 286 g/mol. The second kappa shape index (κ2) is 7.91. The van der Waals surface area contributed by atoms with E-state index in [9.17, 15) is 13.6 Å². The summed E-state index contributed by atoms with van der Waals surface area (Å²) in [7, 11) is 3.26. The van der Waals surface area contributed by atoms with E-state index < -0.39 is 11.6 Å². The van der Waals surface area contributed by atoms with Gasteiger partial charge in [-0.3, -0.25) is 9.69 Å². The van der Waals surface area contributed by atoms with Crippen LogP contribution in [-0.4, -0.2) is 44.2 Å². The zero-order valence-electron chi connectivity index (χ0n) is 12.0. The number of halogens is 2. The molecule has 0 saturated carbocycles. The van der Waals surface area contributed by atoms with Gasteiger partial charge in [0.2, 0.25) is 5.91 Å². The molecule has 0 aliphatic rings. The summed E-state index contributed by atoms with van der Waals surface area (Å²) in [6, 6.07) is 3.34. The van der Waals surface area contributed by atoms with Gasteiger partial charge in [-0.1, -0.05) is 6.07 Å². The van der Waals surface area contributed by atoms with Crippen LogP contribution in [0.2, 0.25) is 0 Å². The van der Waals surface area contributed by atoms with Crippen LogP contribution in [0.4, 0.5) is 8.78 Å². The lowest BCUT2D eigenvalue weighted by molar-refractivity contribution is -0.123. The molecule has 0 radical (unpaired) electrons. The van der Waals surface area contributed by atoms with Gasteiger partial charge in [-0.2, -0.15) is 0 Å². The molecule has 1 rings (SSSR count). The van der Waals surface area contributed by atoms with Crippen LogP contribution < -0.4 is 5.32 Å². The number of carbonyl (C=O) groups excluding carboxylic acids is 1. The Bertz CT molecular complexity index is 455. The fourth-order valence-corrected chi connectivity index (χ4v) is 1.85. The third-order valence-corrected chi connectivity index (χ3v) is 2.69. The van der Waals surface area contributed by atoms with Crippen molar-refractivity contribution in [3.8, 4) is 0 Å². The maximum atomic E-state index is 13.5. The van der Waals surface area contributed by atoms with Crippen molar-refractivity contribution in [1.82, 2.24) is 10.2 Å². The zero-order chi connectivity index (χ0) is 15.1. The highest BCUT2D eigenvalue weighted by Gasteiger charge is 2.12. The predicted molar refractivity (Wildman–Crippen MR) is 72.2 cm³/mol. The topological polar surface area (TPSA) is 41.6 Å². The van der Waals surface area contributed by atoms with E-state index in [1.165, 1.54) is 12.1 Å². The molecule has 0 aromatic heterocycles. The molecule has 0 aliphatic heterocycles. The molecule has 1 N–H and O–H groups in total. The van der Waals surface area contributed by atoms with Crippen molar-refractivity contribution in [1.29, 1.82) is 0 Å². The minimum atomic E-state index is -0.611. The standard InChI is InChI=1S/C14H20F2N2O2/c1-10(9-20-3)17-14(19)8-18(2)7-11-4-5-12(15)6-13(11)16/h4-6,10H,7-9H2,1-3H3,(H,17,19)/t10-/m1/s1. The summed E-state index contributed by atoms with van der Waals surface area (Å²) in [4.78, 5) is 13.4. The SMILES string of the molecule is COC[C@@H](C)NC(=O)CN(C)Cc1ccc(F)cc1F. The van der Waals surface area contributed by atoms with E-state index in [-0.39, 0.29) is 25.0 Å². The van der Waals surface area contributed by atoms with E-state index in [0.29, 0.717) is 12.2 Å². The molecule has 6 heteroatoms. The summed E-state index contributed by atoms with van der Waals surface area (Å²) in [5.74, 6) is -1.38. The number of methoxy groups -OCH3 is 1. The number of amides is 1. The highest BCUT2D eigenvalue weighted by Crippen LogP contribution is 2.11. The Labute approximate surface area is 117 Å². The molecular formula is C14H20F2N2O2.